The highest BCUT2D eigenvalue weighted by atomic mass is 32.2. The molecule has 8 heteroatoms. The number of thiazole rings is 1. The molecule has 0 atom stereocenters. The van der Waals surface area contributed by atoms with Gasteiger partial charge in [-0.15, -0.1) is 11.3 Å². The zero-order chi connectivity index (χ0) is 18.5. The number of rotatable bonds is 6. The van der Waals surface area contributed by atoms with E-state index in [4.69, 9.17) is 4.74 Å². The standard InChI is InChI=1S/C18H14F2N2O2S2/c1-24-13-5-2-11(3-6-13)16-9-25-18(22-16)26-10-17(23)21-15-7-4-12(19)8-14(15)20/h2-9H,10H2,1H3,(H,21,23). The average molecular weight is 392 g/mol. The van der Waals surface area contributed by atoms with Crippen LogP contribution in [-0.4, -0.2) is 23.8 Å². The van der Waals surface area contributed by atoms with E-state index in [1.807, 2.05) is 29.6 Å². The Morgan fingerprint density at radius 3 is 2.69 bits per heavy atom. The highest BCUT2D eigenvalue weighted by molar-refractivity contribution is 8.01. The molecule has 1 heterocycles. The first-order chi connectivity index (χ1) is 12.5. The summed E-state index contributed by atoms with van der Waals surface area (Å²) < 4.78 is 32.3. The molecule has 0 saturated carbocycles. The number of amides is 1. The molecule has 0 saturated heterocycles. The number of halogens is 2. The highest BCUT2D eigenvalue weighted by Crippen LogP contribution is 2.29. The van der Waals surface area contributed by atoms with E-state index in [9.17, 15) is 13.6 Å². The maximum Gasteiger partial charge on any atom is 0.234 e. The van der Waals surface area contributed by atoms with Crippen molar-refractivity contribution in [2.45, 2.75) is 4.34 Å². The number of benzene rings is 2. The van der Waals surface area contributed by atoms with E-state index in [2.05, 4.69) is 10.3 Å². The van der Waals surface area contributed by atoms with Gasteiger partial charge in [-0.25, -0.2) is 13.8 Å². The van der Waals surface area contributed by atoms with Gasteiger partial charge in [-0.1, -0.05) is 11.8 Å². The molecule has 3 aromatic rings. The number of ether oxygens (including phenoxy) is 1. The number of aromatic nitrogens is 1. The third-order valence-electron chi connectivity index (χ3n) is 3.40. The van der Waals surface area contributed by atoms with Gasteiger partial charge < -0.3 is 10.1 Å². The summed E-state index contributed by atoms with van der Waals surface area (Å²) in [5, 5.41) is 4.32. The predicted octanol–water partition coefficient (Wildman–Crippen LogP) is 4.83. The summed E-state index contributed by atoms with van der Waals surface area (Å²) in [4.78, 5) is 16.4. The van der Waals surface area contributed by atoms with Crippen molar-refractivity contribution >= 4 is 34.7 Å². The van der Waals surface area contributed by atoms with Crippen molar-refractivity contribution in [2.24, 2.45) is 0 Å². The number of carbonyl (C=O) groups is 1. The van der Waals surface area contributed by atoms with Gasteiger partial charge in [0, 0.05) is 17.0 Å². The van der Waals surface area contributed by atoms with Gasteiger partial charge in [-0.2, -0.15) is 0 Å². The molecular weight excluding hydrogens is 378 g/mol. The Kier molecular flexibility index (Phi) is 5.85. The van der Waals surface area contributed by atoms with Gasteiger partial charge in [0.15, 0.2) is 4.34 Å². The predicted molar refractivity (Wildman–Crippen MR) is 99.8 cm³/mol. The number of carbonyl (C=O) groups excluding carboxylic acids is 1. The van der Waals surface area contributed by atoms with Crippen LogP contribution in [0.3, 0.4) is 0 Å². The third kappa shape index (κ3) is 4.59. The van der Waals surface area contributed by atoms with Crippen LogP contribution in [0.5, 0.6) is 5.75 Å². The van der Waals surface area contributed by atoms with Crippen molar-refractivity contribution in [3.05, 3.63) is 59.5 Å². The van der Waals surface area contributed by atoms with Crippen LogP contribution in [0, 0.1) is 11.6 Å². The summed E-state index contributed by atoms with van der Waals surface area (Å²) in [6, 6.07) is 10.5. The van der Waals surface area contributed by atoms with E-state index < -0.39 is 11.6 Å². The second-order valence-electron chi connectivity index (χ2n) is 5.19. The van der Waals surface area contributed by atoms with Gasteiger partial charge in [0.2, 0.25) is 5.91 Å². The van der Waals surface area contributed by atoms with E-state index in [0.717, 1.165) is 33.5 Å². The lowest BCUT2D eigenvalue weighted by atomic mass is 10.2. The molecule has 1 aromatic heterocycles. The summed E-state index contributed by atoms with van der Waals surface area (Å²) in [6.07, 6.45) is 0. The van der Waals surface area contributed by atoms with E-state index in [0.29, 0.717) is 0 Å². The molecule has 2 aromatic carbocycles. The van der Waals surface area contributed by atoms with Crippen LogP contribution >= 0.6 is 23.1 Å². The maximum absolute atomic E-state index is 13.5. The van der Waals surface area contributed by atoms with Crippen molar-refractivity contribution < 1.29 is 18.3 Å². The monoisotopic (exact) mass is 392 g/mol. The van der Waals surface area contributed by atoms with E-state index in [1.165, 1.54) is 29.2 Å². The van der Waals surface area contributed by atoms with Gasteiger partial charge >= 0.3 is 0 Å². The molecule has 134 valence electrons. The van der Waals surface area contributed by atoms with Crippen LogP contribution in [0.4, 0.5) is 14.5 Å². The van der Waals surface area contributed by atoms with Crippen LogP contribution < -0.4 is 10.1 Å². The molecule has 0 aliphatic rings. The first-order valence-corrected chi connectivity index (χ1v) is 9.39. The van der Waals surface area contributed by atoms with Crippen LogP contribution in [0.25, 0.3) is 11.3 Å². The molecular formula is C18H14F2N2O2S2. The molecule has 3 rings (SSSR count). The summed E-state index contributed by atoms with van der Waals surface area (Å²) in [7, 11) is 1.61. The Morgan fingerprint density at radius 1 is 1.23 bits per heavy atom. The Labute approximate surface area is 157 Å². The lowest BCUT2D eigenvalue weighted by Crippen LogP contribution is -2.15. The lowest BCUT2D eigenvalue weighted by molar-refractivity contribution is -0.113. The topological polar surface area (TPSA) is 51.2 Å². The molecule has 1 amide bonds. The molecule has 0 bridgehead atoms. The SMILES string of the molecule is COc1ccc(-c2csc(SCC(=O)Nc3ccc(F)cc3F)n2)cc1. The van der Waals surface area contributed by atoms with Gasteiger partial charge in [0.1, 0.15) is 17.4 Å². The van der Waals surface area contributed by atoms with Gasteiger partial charge in [0.25, 0.3) is 0 Å². The normalized spacial score (nSPS) is 10.6. The van der Waals surface area contributed by atoms with E-state index >= 15 is 0 Å². The molecule has 0 radical (unpaired) electrons. The fourth-order valence-corrected chi connectivity index (χ4v) is 3.76. The fourth-order valence-electron chi connectivity index (χ4n) is 2.12. The minimum absolute atomic E-state index is 0.0462. The molecule has 4 nitrogen and oxygen atoms in total. The summed E-state index contributed by atoms with van der Waals surface area (Å²) >= 11 is 2.68. The minimum Gasteiger partial charge on any atom is -0.497 e. The summed E-state index contributed by atoms with van der Waals surface area (Å²) in [6.45, 7) is 0. The quantitative estimate of drug-likeness (QED) is 0.611. The van der Waals surface area contributed by atoms with Crippen LogP contribution in [-0.2, 0) is 4.79 Å². The van der Waals surface area contributed by atoms with Crippen molar-refractivity contribution in [3.63, 3.8) is 0 Å². The van der Waals surface area contributed by atoms with Crippen molar-refractivity contribution in [1.29, 1.82) is 0 Å². The first-order valence-electron chi connectivity index (χ1n) is 7.53. The zero-order valence-corrected chi connectivity index (χ0v) is 15.3. The number of anilines is 1. The number of hydrogen-bond donors (Lipinski definition) is 1. The average Bonchev–Trinajstić information content (AvgIpc) is 3.11. The third-order valence-corrected chi connectivity index (χ3v) is 5.42. The summed E-state index contributed by atoms with van der Waals surface area (Å²) in [5.74, 6) is -1.04. The molecule has 0 spiro atoms. The number of thioether (sulfide) groups is 1. The van der Waals surface area contributed by atoms with Crippen LogP contribution in [0.15, 0.2) is 52.2 Å². The Morgan fingerprint density at radius 2 is 2.00 bits per heavy atom. The molecule has 26 heavy (non-hydrogen) atoms. The zero-order valence-electron chi connectivity index (χ0n) is 13.7. The van der Waals surface area contributed by atoms with Crippen molar-refractivity contribution in [3.8, 4) is 17.0 Å². The number of hydrogen-bond acceptors (Lipinski definition) is 5. The second kappa shape index (κ2) is 8.29. The smallest absolute Gasteiger partial charge is 0.234 e. The maximum atomic E-state index is 13.5. The molecule has 1 N–H and O–H groups in total. The summed E-state index contributed by atoms with van der Waals surface area (Å²) in [5.41, 5.74) is 1.71. The van der Waals surface area contributed by atoms with Crippen LogP contribution in [0.1, 0.15) is 0 Å². The molecule has 0 unspecified atom stereocenters. The van der Waals surface area contributed by atoms with Crippen molar-refractivity contribution in [1.82, 2.24) is 4.98 Å². The Hall–Kier alpha value is -2.45. The highest BCUT2D eigenvalue weighted by Gasteiger charge is 2.11. The Bertz CT molecular complexity index is 914. The van der Waals surface area contributed by atoms with Gasteiger partial charge in [-0.3, -0.25) is 4.79 Å². The van der Waals surface area contributed by atoms with Crippen molar-refractivity contribution in [2.75, 3.05) is 18.2 Å². The fraction of sp³-hybridized carbons (Fsp3) is 0.111. The molecule has 0 aliphatic carbocycles. The number of methoxy groups -OCH3 is 1. The lowest BCUT2D eigenvalue weighted by Gasteiger charge is -2.05. The van der Waals surface area contributed by atoms with Gasteiger partial charge in [0.05, 0.1) is 24.2 Å². The van der Waals surface area contributed by atoms with E-state index in [1.54, 1.807) is 7.11 Å². The number of nitrogens with zero attached hydrogens (tertiary/aromatic N) is 1. The van der Waals surface area contributed by atoms with Crippen LogP contribution in [0.2, 0.25) is 0 Å². The van der Waals surface area contributed by atoms with E-state index in [-0.39, 0.29) is 17.3 Å². The largest absolute Gasteiger partial charge is 0.497 e. The minimum atomic E-state index is -0.806. The van der Waals surface area contributed by atoms with Gasteiger partial charge in [-0.05, 0) is 36.4 Å². The number of nitrogens with one attached hydrogen (secondary N) is 1. The molecule has 0 fully saturated rings. The molecule has 0 aliphatic heterocycles. The first kappa shape index (κ1) is 18.3. The Balaban J connectivity index is 1.58. The second-order valence-corrected chi connectivity index (χ2v) is 7.27.